The van der Waals surface area contributed by atoms with Crippen LogP contribution in [0.2, 0.25) is 0 Å². The minimum atomic E-state index is -0.438. The van der Waals surface area contributed by atoms with Crippen molar-refractivity contribution in [2.45, 2.75) is 6.42 Å². The zero-order chi connectivity index (χ0) is 10.6. The third-order valence-electron chi connectivity index (χ3n) is 1.93. The largest absolute Gasteiger partial charge is 0.396 e. The van der Waals surface area contributed by atoms with E-state index in [2.05, 4.69) is 5.32 Å². The number of rotatable bonds is 4. The molecule has 1 aromatic carbocycles. The fraction of sp³-hybridized carbons (Fsp3) is 0.333. The lowest BCUT2D eigenvalue weighted by Gasteiger charge is -2.03. The fourth-order valence-electron chi connectivity index (χ4n) is 1.22. The molecule has 5 nitrogen and oxygen atoms in total. The summed E-state index contributed by atoms with van der Waals surface area (Å²) in [4.78, 5) is 10.2. The number of nitrogens with zero attached hydrogens (tertiary/aromatic N) is 1. The van der Waals surface area contributed by atoms with E-state index in [1.54, 1.807) is 19.2 Å². The van der Waals surface area contributed by atoms with Crippen molar-refractivity contribution >= 4 is 11.4 Å². The molecule has 0 aliphatic rings. The van der Waals surface area contributed by atoms with Gasteiger partial charge in [-0.1, -0.05) is 6.07 Å². The van der Waals surface area contributed by atoms with Crippen molar-refractivity contribution < 1.29 is 10.0 Å². The summed E-state index contributed by atoms with van der Waals surface area (Å²) >= 11 is 0. The molecule has 5 heteroatoms. The van der Waals surface area contributed by atoms with E-state index < -0.39 is 4.92 Å². The molecular formula is C9H12N2O3. The zero-order valence-electron chi connectivity index (χ0n) is 7.86. The number of nitro benzene ring substituents is 1. The molecule has 0 heterocycles. The number of anilines is 1. The molecule has 76 valence electrons. The van der Waals surface area contributed by atoms with Gasteiger partial charge in [0.05, 0.1) is 4.92 Å². The van der Waals surface area contributed by atoms with Gasteiger partial charge in [0.2, 0.25) is 0 Å². The van der Waals surface area contributed by atoms with Crippen LogP contribution >= 0.6 is 0 Å². The van der Waals surface area contributed by atoms with Gasteiger partial charge in [-0.15, -0.1) is 0 Å². The molecule has 0 atom stereocenters. The standard InChI is InChI=1S/C9H12N2O3/c1-10-8-3-2-7(4-5-12)6-9(8)11(13)14/h2-3,6,10,12H,4-5H2,1H3. The number of benzene rings is 1. The van der Waals surface area contributed by atoms with Crippen molar-refractivity contribution in [3.63, 3.8) is 0 Å². The molecule has 0 saturated carbocycles. The molecule has 0 aromatic heterocycles. The van der Waals surface area contributed by atoms with Crippen LogP contribution in [-0.2, 0) is 6.42 Å². The van der Waals surface area contributed by atoms with E-state index in [1.807, 2.05) is 0 Å². The number of nitro groups is 1. The highest BCUT2D eigenvalue weighted by Gasteiger charge is 2.12. The van der Waals surface area contributed by atoms with Crippen LogP contribution in [-0.4, -0.2) is 23.7 Å². The van der Waals surface area contributed by atoms with E-state index >= 15 is 0 Å². The Morgan fingerprint density at radius 2 is 2.29 bits per heavy atom. The molecule has 0 aliphatic carbocycles. The second-order valence-electron chi connectivity index (χ2n) is 2.83. The van der Waals surface area contributed by atoms with Crippen LogP contribution in [0.5, 0.6) is 0 Å². The first kappa shape index (κ1) is 10.5. The lowest BCUT2D eigenvalue weighted by Crippen LogP contribution is -1.99. The van der Waals surface area contributed by atoms with E-state index in [0.29, 0.717) is 12.1 Å². The van der Waals surface area contributed by atoms with Gasteiger partial charge in [0.15, 0.2) is 0 Å². The summed E-state index contributed by atoms with van der Waals surface area (Å²) in [6.45, 7) is -0.00391. The Bertz CT molecular complexity index is 339. The van der Waals surface area contributed by atoms with Crippen LogP contribution in [0.3, 0.4) is 0 Å². The van der Waals surface area contributed by atoms with Crippen molar-refractivity contribution in [1.82, 2.24) is 0 Å². The van der Waals surface area contributed by atoms with Gasteiger partial charge < -0.3 is 10.4 Å². The summed E-state index contributed by atoms with van der Waals surface area (Å²) in [5.74, 6) is 0. The SMILES string of the molecule is CNc1ccc(CCO)cc1[N+](=O)[O-]. The maximum Gasteiger partial charge on any atom is 0.292 e. The summed E-state index contributed by atoms with van der Waals surface area (Å²) in [6, 6.07) is 4.88. The highest BCUT2D eigenvalue weighted by molar-refractivity contribution is 5.62. The van der Waals surface area contributed by atoms with Crippen molar-refractivity contribution in [1.29, 1.82) is 0 Å². The lowest BCUT2D eigenvalue weighted by molar-refractivity contribution is -0.384. The minimum Gasteiger partial charge on any atom is -0.396 e. The molecule has 0 spiro atoms. The molecular weight excluding hydrogens is 184 g/mol. The molecule has 2 N–H and O–H groups in total. The number of aliphatic hydroxyl groups excluding tert-OH is 1. The maximum absolute atomic E-state index is 10.6. The second kappa shape index (κ2) is 4.57. The summed E-state index contributed by atoms with van der Waals surface area (Å²) in [6.07, 6.45) is 0.435. The van der Waals surface area contributed by atoms with E-state index in [9.17, 15) is 10.1 Å². The summed E-state index contributed by atoms with van der Waals surface area (Å²) in [5.41, 5.74) is 1.29. The van der Waals surface area contributed by atoms with E-state index in [0.717, 1.165) is 5.56 Å². The Labute approximate surface area is 81.5 Å². The van der Waals surface area contributed by atoms with E-state index in [-0.39, 0.29) is 12.3 Å². The molecule has 0 fully saturated rings. The number of hydrogen-bond acceptors (Lipinski definition) is 4. The first-order chi connectivity index (χ1) is 6.69. The Morgan fingerprint density at radius 3 is 2.79 bits per heavy atom. The predicted octanol–water partition coefficient (Wildman–Crippen LogP) is 1.17. The third-order valence-corrected chi connectivity index (χ3v) is 1.93. The molecule has 0 radical (unpaired) electrons. The number of nitrogens with one attached hydrogen (secondary N) is 1. The Hall–Kier alpha value is -1.62. The fourth-order valence-corrected chi connectivity index (χ4v) is 1.22. The number of aliphatic hydroxyl groups is 1. The summed E-state index contributed by atoms with van der Waals surface area (Å²) < 4.78 is 0. The third kappa shape index (κ3) is 2.20. The van der Waals surface area contributed by atoms with Crippen LogP contribution < -0.4 is 5.32 Å². The van der Waals surface area contributed by atoms with Crippen molar-refractivity contribution in [3.05, 3.63) is 33.9 Å². The highest BCUT2D eigenvalue weighted by atomic mass is 16.6. The van der Waals surface area contributed by atoms with Gasteiger partial charge >= 0.3 is 0 Å². The first-order valence-electron chi connectivity index (χ1n) is 4.25. The Balaban J connectivity index is 3.07. The summed E-state index contributed by atoms with van der Waals surface area (Å²) in [7, 11) is 1.63. The van der Waals surface area contributed by atoms with Crippen LogP contribution in [0.1, 0.15) is 5.56 Å². The average Bonchev–Trinajstić information content (AvgIpc) is 2.18. The van der Waals surface area contributed by atoms with E-state index in [4.69, 9.17) is 5.11 Å². The monoisotopic (exact) mass is 196 g/mol. The van der Waals surface area contributed by atoms with Gasteiger partial charge in [-0.25, -0.2) is 0 Å². The van der Waals surface area contributed by atoms with Gasteiger partial charge in [0.25, 0.3) is 5.69 Å². The molecule has 0 aliphatic heterocycles. The molecule has 0 bridgehead atoms. The Morgan fingerprint density at radius 1 is 1.57 bits per heavy atom. The maximum atomic E-state index is 10.6. The summed E-state index contributed by atoms with van der Waals surface area (Å²) in [5, 5.41) is 22.1. The molecule has 1 rings (SSSR count). The van der Waals surface area contributed by atoms with Crippen LogP contribution in [0.25, 0.3) is 0 Å². The normalized spacial score (nSPS) is 9.86. The molecule has 14 heavy (non-hydrogen) atoms. The first-order valence-corrected chi connectivity index (χ1v) is 4.25. The molecule has 0 saturated heterocycles. The number of hydrogen-bond donors (Lipinski definition) is 2. The van der Waals surface area contributed by atoms with Crippen molar-refractivity contribution in [2.75, 3.05) is 19.0 Å². The second-order valence-corrected chi connectivity index (χ2v) is 2.83. The van der Waals surface area contributed by atoms with Crippen LogP contribution in [0.4, 0.5) is 11.4 Å². The molecule has 0 amide bonds. The lowest BCUT2D eigenvalue weighted by atomic mass is 10.1. The predicted molar refractivity (Wildman–Crippen MR) is 53.4 cm³/mol. The van der Waals surface area contributed by atoms with Gasteiger partial charge in [0.1, 0.15) is 5.69 Å². The van der Waals surface area contributed by atoms with Gasteiger partial charge in [-0.2, -0.15) is 0 Å². The zero-order valence-corrected chi connectivity index (χ0v) is 7.86. The van der Waals surface area contributed by atoms with Crippen molar-refractivity contribution in [2.24, 2.45) is 0 Å². The molecule has 1 aromatic rings. The van der Waals surface area contributed by atoms with Crippen molar-refractivity contribution in [3.8, 4) is 0 Å². The smallest absolute Gasteiger partial charge is 0.292 e. The van der Waals surface area contributed by atoms with Crippen LogP contribution in [0, 0.1) is 10.1 Å². The quantitative estimate of drug-likeness (QED) is 0.560. The van der Waals surface area contributed by atoms with Crippen LogP contribution in [0.15, 0.2) is 18.2 Å². The van der Waals surface area contributed by atoms with Gasteiger partial charge in [-0.05, 0) is 18.1 Å². The van der Waals surface area contributed by atoms with Gasteiger partial charge in [-0.3, -0.25) is 10.1 Å². The van der Waals surface area contributed by atoms with Gasteiger partial charge in [0, 0.05) is 19.7 Å². The topological polar surface area (TPSA) is 75.4 Å². The minimum absolute atomic E-state index is 0.00391. The molecule has 0 unspecified atom stereocenters. The van der Waals surface area contributed by atoms with E-state index in [1.165, 1.54) is 6.07 Å². The highest BCUT2D eigenvalue weighted by Crippen LogP contribution is 2.24. The average molecular weight is 196 g/mol. The Kier molecular flexibility index (Phi) is 3.41.